The summed E-state index contributed by atoms with van der Waals surface area (Å²) >= 11 is 3.42. The Morgan fingerprint density at radius 3 is 2.74 bits per heavy atom. The van der Waals surface area contributed by atoms with Gasteiger partial charge in [0.1, 0.15) is 0 Å². The third-order valence-electron chi connectivity index (χ3n) is 3.46. The average molecular weight is 325 g/mol. The monoisotopic (exact) mass is 324 g/mol. The van der Waals surface area contributed by atoms with E-state index < -0.39 is 0 Å². The van der Waals surface area contributed by atoms with Crippen LogP contribution in [0.1, 0.15) is 35.7 Å². The highest BCUT2D eigenvalue weighted by atomic mass is 79.9. The molecule has 104 valence electrons. The summed E-state index contributed by atoms with van der Waals surface area (Å²) in [6.07, 6.45) is 2.62. The number of nitrogens with zero attached hydrogens (tertiary/aromatic N) is 1. The number of likely N-dealkylation sites (N-methyl/N-ethyl adjacent to an activating group) is 1. The van der Waals surface area contributed by atoms with E-state index in [1.165, 1.54) is 12.8 Å². The summed E-state index contributed by atoms with van der Waals surface area (Å²) in [5.74, 6) is 0.0104. The molecule has 1 N–H and O–H groups in total. The number of halogens is 1. The summed E-state index contributed by atoms with van der Waals surface area (Å²) in [5.41, 5.74) is 1.81. The molecule has 0 unspecified atom stereocenters. The van der Waals surface area contributed by atoms with Gasteiger partial charge in [0.2, 0.25) is 0 Å². The zero-order chi connectivity index (χ0) is 13.8. The maximum atomic E-state index is 12.1. The molecular weight excluding hydrogens is 304 g/mol. The Balaban J connectivity index is 1.83. The number of rotatable bonds is 6. The van der Waals surface area contributed by atoms with Crippen LogP contribution in [0.2, 0.25) is 0 Å². The molecule has 0 spiro atoms. The van der Waals surface area contributed by atoms with Crippen LogP contribution in [0.4, 0.5) is 0 Å². The highest BCUT2D eigenvalue weighted by Gasteiger charge is 2.27. The highest BCUT2D eigenvalue weighted by Crippen LogP contribution is 2.25. The maximum absolute atomic E-state index is 12.1. The van der Waals surface area contributed by atoms with E-state index in [0.717, 1.165) is 34.7 Å². The molecule has 3 nitrogen and oxygen atoms in total. The van der Waals surface area contributed by atoms with Gasteiger partial charge < -0.3 is 5.32 Å². The molecule has 1 aromatic rings. The minimum absolute atomic E-state index is 0.0104. The van der Waals surface area contributed by atoms with Crippen molar-refractivity contribution < 1.29 is 4.79 Å². The van der Waals surface area contributed by atoms with Gasteiger partial charge in [0, 0.05) is 29.2 Å². The molecular formula is C15H21BrN2O. The van der Waals surface area contributed by atoms with E-state index in [9.17, 15) is 4.79 Å². The van der Waals surface area contributed by atoms with Gasteiger partial charge >= 0.3 is 0 Å². The first kappa shape index (κ1) is 14.5. The number of nitrogens with one attached hydrogen (secondary N) is 1. The molecule has 1 saturated carbocycles. The van der Waals surface area contributed by atoms with Gasteiger partial charge in [-0.05, 0) is 50.1 Å². The van der Waals surface area contributed by atoms with Crippen LogP contribution in [0.3, 0.4) is 0 Å². The minimum Gasteiger partial charge on any atom is -0.351 e. The van der Waals surface area contributed by atoms with E-state index in [4.69, 9.17) is 0 Å². The number of hydrogen-bond donors (Lipinski definition) is 1. The summed E-state index contributed by atoms with van der Waals surface area (Å²) < 4.78 is 0.950. The van der Waals surface area contributed by atoms with Crippen LogP contribution < -0.4 is 5.32 Å². The second kappa shape index (κ2) is 6.53. The predicted molar refractivity (Wildman–Crippen MR) is 81.5 cm³/mol. The lowest BCUT2D eigenvalue weighted by atomic mass is 10.1. The van der Waals surface area contributed by atoms with Crippen molar-refractivity contribution in [2.24, 2.45) is 0 Å². The first-order valence-corrected chi connectivity index (χ1v) is 7.69. The van der Waals surface area contributed by atoms with E-state index in [1.807, 2.05) is 25.1 Å². The Labute approximate surface area is 123 Å². The molecule has 0 bridgehead atoms. The summed E-state index contributed by atoms with van der Waals surface area (Å²) in [4.78, 5) is 14.5. The zero-order valence-corrected chi connectivity index (χ0v) is 13.2. The normalized spacial score (nSPS) is 14.7. The molecule has 0 saturated heterocycles. The zero-order valence-electron chi connectivity index (χ0n) is 11.6. The van der Waals surface area contributed by atoms with Crippen LogP contribution in [0.5, 0.6) is 0 Å². The maximum Gasteiger partial charge on any atom is 0.251 e. The smallest absolute Gasteiger partial charge is 0.251 e. The SMILES string of the molecule is CCN(CCNC(=O)c1cc(C)cc(Br)c1)C1CC1. The second-order valence-electron chi connectivity index (χ2n) is 5.13. The van der Waals surface area contributed by atoms with Crippen LogP contribution in [0, 0.1) is 6.92 Å². The van der Waals surface area contributed by atoms with Crippen LogP contribution in [-0.2, 0) is 0 Å². The Morgan fingerprint density at radius 2 is 2.16 bits per heavy atom. The molecule has 4 heteroatoms. The first-order valence-electron chi connectivity index (χ1n) is 6.89. The number of benzene rings is 1. The van der Waals surface area contributed by atoms with E-state index in [1.54, 1.807) is 0 Å². The van der Waals surface area contributed by atoms with Gasteiger partial charge in [-0.1, -0.05) is 22.9 Å². The van der Waals surface area contributed by atoms with Gasteiger partial charge in [-0.2, -0.15) is 0 Å². The molecule has 1 aliphatic rings. The highest BCUT2D eigenvalue weighted by molar-refractivity contribution is 9.10. The van der Waals surface area contributed by atoms with Crippen molar-refractivity contribution in [1.82, 2.24) is 10.2 Å². The van der Waals surface area contributed by atoms with Crippen molar-refractivity contribution in [3.05, 3.63) is 33.8 Å². The molecule has 1 aromatic carbocycles. The van der Waals surface area contributed by atoms with Gasteiger partial charge in [-0.15, -0.1) is 0 Å². The van der Waals surface area contributed by atoms with E-state index in [-0.39, 0.29) is 5.91 Å². The summed E-state index contributed by atoms with van der Waals surface area (Å²) in [6.45, 7) is 6.90. The largest absolute Gasteiger partial charge is 0.351 e. The minimum atomic E-state index is 0.0104. The third-order valence-corrected chi connectivity index (χ3v) is 3.92. The van der Waals surface area contributed by atoms with E-state index in [2.05, 4.69) is 33.1 Å². The lowest BCUT2D eigenvalue weighted by Crippen LogP contribution is -2.36. The fraction of sp³-hybridized carbons (Fsp3) is 0.533. The van der Waals surface area contributed by atoms with Crippen molar-refractivity contribution in [2.75, 3.05) is 19.6 Å². The van der Waals surface area contributed by atoms with Gasteiger partial charge in [-0.25, -0.2) is 0 Å². The lowest BCUT2D eigenvalue weighted by molar-refractivity contribution is 0.0948. The number of hydrogen-bond acceptors (Lipinski definition) is 2. The van der Waals surface area contributed by atoms with Crippen molar-refractivity contribution in [3.63, 3.8) is 0 Å². The van der Waals surface area contributed by atoms with E-state index >= 15 is 0 Å². The average Bonchev–Trinajstić information content (AvgIpc) is 3.17. The van der Waals surface area contributed by atoms with Crippen molar-refractivity contribution in [3.8, 4) is 0 Å². The molecule has 0 heterocycles. The summed E-state index contributed by atoms with van der Waals surface area (Å²) in [7, 11) is 0. The summed E-state index contributed by atoms with van der Waals surface area (Å²) in [5, 5.41) is 3.00. The molecule has 0 aromatic heterocycles. The molecule has 0 atom stereocenters. The van der Waals surface area contributed by atoms with Gasteiger partial charge in [-0.3, -0.25) is 9.69 Å². The van der Waals surface area contributed by atoms with Gasteiger partial charge in [0.25, 0.3) is 5.91 Å². The molecule has 2 rings (SSSR count). The first-order chi connectivity index (χ1) is 9.10. The predicted octanol–water partition coefficient (Wildman–Crippen LogP) is 2.97. The second-order valence-corrected chi connectivity index (χ2v) is 6.05. The van der Waals surface area contributed by atoms with Crippen molar-refractivity contribution in [1.29, 1.82) is 0 Å². The number of carbonyl (C=O) groups excluding carboxylic acids is 1. The number of amides is 1. The molecule has 0 radical (unpaired) electrons. The Kier molecular flexibility index (Phi) is 4.99. The Morgan fingerprint density at radius 1 is 1.42 bits per heavy atom. The number of aryl methyl sites for hydroxylation is 1. The Hall–Kier alpha value is -0.870. The van der Waals surface area contributed by atoms with Crippen molar-refractivity contribution in [2.45, 2.75) is 32.7 Å². The van der Waals surface area contributed by atoms with Gasteiger partial charge in [0.15, 0.2) is 0 Å². The standard InChI is InChI=1S/C15H21BrN2O/c1-3-18(14-4-5-14)7-6-17-15(19)12-8-11(2)9-13(16)10-12/h8-10,14H,3-7H2,1-2H3,(H,17,19). The molecule has 0 aliphatic heterocycles. The molecule has 1 amide bonds. The Bertz CT molecular complexity index is 437. The van der Waals surface area contributed by atoms with E-state index in [0.29, 0.717) is 6.54 Å². The van der Waals surface area contributed by atoms with Crippen LogP contribution in [0.15, 0.2) is 22.7 Å². The molecule has 1 fully saturated rings. The van der Waals surface area contributed by atoms with Crippen molar-refractivity contribution >= 4 is 21.8 Å². The summed E-state index contributed by atoms with van der Waals surface area (Å²) in [6, 6.07) is 6.54. The topological polar surface area (TPSA) is 32.3 Å². The molecule has 19 heavy (non-hydrogen) atoms. The van der Waals surface area contributed by atoms with Crippen LogP contribution in [0.25, 0.3) is 0 Å². The van der Waals surface area contributed by atoms with Gasteiger partial charge in [0.05, 0.1) is 0 Å². The third kappa shape index (κ3) is 4.32. The number of carbonyl (C=O) groups is 1. The fourth-order valence-electron chi connectivity index (χ4n) is 2.32. The quantitative estimate of drug-likeness (QED) is 0.872. The fourth-order valence-corrected chi connectivity index (χ4v) is 2.93. The van der Waals surface area contributed by atoms with Crippen LogP contribution >= 0.6 is 15.9 Å². The molecule has 1 aliphatic carbocycles. The van der Waals surface area contributed by atoms with Crippen LogP contribution in [-0.4, -0.2) is 36.5 Å². The lowest BCUT2D eigenvalue weighted by Gasteiger charge is -2.19.